The molecule has 0 aliphatic heterocycles. The second-order valence-corrected chi connectivity index (χ2v) is 5.91. The first kappa shape index (κ1) is 14.7. The van der Waals surface area contributed by atoms with E-state index < -0.39 is 21.5 Å². The first-order valence-electron chi connectivity index (χ1n) is 5.61. The lowest BCUT2D eigenvalue weighted by molar-refractivity contribution is -0.147. The van der Waals surface area contributed by atoms with Gasteiger partial charge in [-0.05, 0) is 19.4 Å². The average Bonchev–Trinajstić information content (AvgIpc) is 2.81. The number of ether oxygens (including phenoxy) is 1. The number of carbonyl (C=O) groups is 1. The third kappa shape index (κ3) is 3.11. The molecule has 102 valence electrons. The Labute approximate surface area is 107 Å². The Balaban J connectivity index is 3.01. The molecule has 1 heterocycles. The van der Waals surface area contributed by atoms with E-state index in [9.17, 15) is 13.2 Å². The molecule has 0 bridgehead atoms. The molecule has 0 amide bonds. The molecular formula is C11H18N2O4S. The van der Waals surface area contributed by atoms with Gasteiger partial charge in [0.25, 0.3) is 0 Å². The molecule has 0 saturated carbocycles. The average molecular weight is 274 g/mol. The molecule has 1 aromatic heterocycles. The maximum Gasteiger partial charge on any atom is 0.326 e. The summed E-state index contributed by atoms with van der Waals surface area (Å²) in [5.41, 5.74) is -1.25. The first-order valence-corrected chi connectivity index (χ1v) is 7.09. The molecule has 1 unspecified atom stereocenters. The minimum atomic E-state index is -3.73. The van der Waals surface area contributed by atoms with E-state index in [2.05, 4.69) is 14.4 Å². The normalized spacial score (nSPS) is 15.1. The molecule has 2 N–H and O–H groups in total. The van der Waals surface area contributed by atoms with Crippen molar-refractivity contribution >= 4 is 16.0 Å². The summed E-state index contributed by atoms with van der Waals surface area (Å²) in [6.07, 6.45) is 3.88. The minimum Gasteiger partial charge on any atom is -0.468 e. The molecule has 1 atom stereocenters. The van der Waals surface area contributed by atoms with Gasteiger partial charge in [-0.25, -0.2) is 8.42 Å². The van der Waals surface area contributed by atoms with Crippen LogP contribution in [0.4, 0.5) is 0 Å². The van der Waals surface area contributed by atoms with Crippen LogP contribution in [0.1, 0.15) is 26.7 Å². The summed E-state index contributed by atoms with van der Waals surface area (Å²) in [6, 6.07) is 1.42. The largest absolute Gasteiger partial charge is 0.468 e. The molecule has 1 rings (SSSR count). The Morgan fingerprint density at radius 1 is 1.56 bits per heavy atom. The highest BCUT2D eigenvalue weighted by atomic mass is 32.2. The SMILES string of the molecule is CCCC(C)(NS(=O)(=O)c1cc[nH]c1)C(=O)OC. The second kappa shape index (κ2) is 5.53. The molecule has 0 radical (unpaired) electrons. The maximum atomic E-state index is 12.1. The number of aromatic nitrogens is 1. The van der Waals surface area contributed by atoms with E-state index in [1.165, 1.54) is 32.5 Å². The summed E-state index contributed by atoms with van der Waals surface area (Å²) in [5.74, 6) is -0.594. The molecule has 0 spiro atoms. The van der Waals surface area contributed by atoms with Gasteiger partial charge in [0.1, 0.15) is 5.54 Å². The smallest absolute Gasteiger partial charge is 0.326 e. The first-order chi connectivity index (χ1) is 8.35. The fraction of sp³-hybridized carbons (Fsp3) is 0.545. The van der Waals surface area contributed by atoms with Crippen LogP contribution in [0.15, 0.2) is 23.4 Å². The highest BCUT2D eigenvalue weighted by Crippen LogP contribution is 2.18. The van der Waals surface area contributed by atoms with Crippen LogP contribution in [-0.2, 0) is 19.6 Å². The summed E-state index contributed by atoms with van der Waals surface area (Å²) in [6.45, 7) is 3.39. The number of sulfonamides is 1. The number of rotatable bonds is 6. The number of carbonyl (C=O) groups excluding carboxylic acids is 1. The maximum absolute atomic E-state index is 12.1. The van der Waals surface area contributed by atoms with Crippen LogP contribution in [-0.4, -0.2) is 32.0 Å². The third-order valence-corrected chi connectivity index (χ3v) is 4.22. The Morgan fingerprint density at radius 2 is 2.22 bits per heavy atom. The number of aromatic amines is 1. The summed E-state index contributed by atoms with van der Waals surface area (Å²) < 4.78 is 31.2. The molecule has 1 aromatic rings. The van der Waals surface area contributed by atoms with Crippen LogP contribution in [0, 0.1) is 0 Å². The predicted molar refractivity (Wildman–Crippen MR) is 66.4 cm³/mol. The molecule has 18 heavy (non-hydrogen) atoms. The lowest BCUT2D eigenvalue weighted by Crippen LogP contribution is -2.52. The van der Waals surface area contributed by atoms with E-state index in [1.807, 2.05) is 6.92 Å². The quantitative estimate of drug-likeness (QED) is 0.758. The van der Waals surface area contributed by atoms with Crippen LogP contribution < -0.4 is 4.72 Å². The molecule has 0 fully saturated rings. The zero-order chi connectivity index (χ0) is 13.8. The second-order valence-electron chi connectivity index (χ2n) is 4.23. The van der Waals surface area contributed by atoms with Gasteiger partial charge in [-0.2, -0.15) is 4.72 Å². The fourth-order valence-electron chi connectivity index (χ4n) is 1.75. The monoisotopic (exact) mass is 274 g/mol. The van der Waals surface area contributed by atoms with Crippen molar-refractivity contribution in [1.82, 2.24) is 9.71 Å². The highest BCUT2D eigenvalue weighted by molar-refractivity contribution is 7.89. The lowest BCUT2D eigenvalue weighted by atomic mass is 9.98. The van der Waals surface area contributed by atoms with Gasteiger partial charge in [-0.3, -0.25) is 4.79 Å². The molecule has 0 aliphatic carbocycles. The van der Waals surface area contributed by atoms with Gasteiger partial charge in [0.15, 0.2) is 0 Å². The van der Waals surface area contributed by atoms with Gasteiger partial charge in [-0.1, -0.05) is 13.3 Å². The summed E-state index contributed by atoms with van der Waals surface area (Å²) >= 11 is 0. The van der Waals surface area contributed by atoms with Crippen LogP contribution >= 0.6 is 0 Å². The van der Waals surface area contributed by atoms with Crippen LogP contribution in [0.25, 0.3) is 0 Å². The fourth-order valence-corrected chi connectivity index (χ4v) is 3.12. The number of esters is 1. The Kier molecular flexibility index (Phi) is 4.53. The van der Waals surface area contributed by atoms with E-state index >= 15 is 0 Å². The van der Waals surface area contributed by atoms with Crippen molar-refractivity contribution < 1.29 is 17.9 Å². The van der Waals surface area contributed by atoms with Gasteiger partial charge in [0.05, 0.1) is 12.0 Å². The zero-order valence-corrected chi connectivity index (χ0v) is 11.5. The van der Waals surface area contributed by atoms with Crippen molar-refractivity contribution in [2.24, 2.45) is 0 Å². The Bertz CT molecular complexity index is 495. The molecule has 6 nitrogen and oxygen atoms in total. The highest BCUT2D eigenvalue weighted by Gasteiger charge is 2.38. The summed E-state index contributed by atoms with van der Waals surface area (Å²) in [4.78, 5) is 14.5. The Hall–Kier alpha value is -1.34. The number of methoxy groups -OCH3 is 1. The lowest BCUT2D eigenvalue weighted by Gasteiger charge is -2.26. The molecule has 0 aliphatic rings. The number of hydrogen-bond acceptors (Lipinski definition) is 4. The summed E-state index contributed by atoms with van der Waals surface area (Å²) in [7, 11) is -2.50. The molecular weight excluding hydrogens is 256 g/mol. The van der Waals surface area contributed by atoms with E-state index in [4.69, 9.17) is 0 Å². The van der Waals surface area contributed by atoms with Crippen molar-refractivity contribution in [3.63, 3.8) is 0 Å². The van der Waals surface area contributed by atoms with Crippen LogP contribution in [0.5, 0.6) is 0 Å². The van der Waals surface area contributed by atoms with Crippen molar-refractivity contribution in [3.8, 4) is 0 Å². The molecule has 0 aromatic carbocycles. The van der Waals surface area contributed by atoms with E-state index in [0.29, 0.717) is 12.8 Å². The van der Waals surface area contributed by atoms with E-state index in [-0.39, 0.29) is 4.90 Å². The van der Waals surface area contributed by atoms with Gasteiger partial charge >= 0.3 is 5.97 Å². The van der Waals surface area contributed by atoms with Gasteiger partial charge in [0, 0.05) is 12.4 Å². The van der Waals surface area contributed by atoms with Crippen molar-refractivity contribution in [2.45, 2.75) is 37.1 Å². The topological polar surface area (TPSA) is 88.3 Å². The van der Waals surface area contributed by atoms with Crippen molar-refractivity contribution in [1.29, 1.82) is 0 Å². The third-order valence-electron chi connectivity index (χ3n) is 2.63. The number of nitrogens with one attached hydrogen (secondary N) is 2. The summed E-state index contributed by atoms with van der Waals surface area (Å²) in [5, 5.41) is 0. The van der Waals surface area contributed by atoms with Crippen molar-refractivity contribution in [2.75, 3.05) is 7.11 Å². The van der Waals surface area contributed by atoms with E-state index in [1.54, 1.807) is 0 Å². The van der Waals surface area contributed by atoms with E-state index in [0.717, 1.165) is 0 Å². The Morgan fingerprint density at radius 3 is 2.67 bits per heavy atom. The standard InChI is InChI=1S/C11H18N2O4S/c1-4-6-11(2,10(14)17-3)13-18(15,16)9-5-7-12-8-9/h5,7-8,12-13H,4,6H2,1-3H3. The van der Waals surface area contributed by atoms with Gasteiger partial charge < -0.3 is 9.72 Å². The predicted octanol–water partition coefficient (Wildman–Crippen LogP) is 1.02. The van der Waals surface area contributed by atoms with Gasteiger partial charge in [0.2, 0.25) is 10.0 Å². The van der Waals surface area contributed by atoms with Crippen molar-refractivity contribution in [3.05, 3.63) is 18.5 Å². The van der Waals surface area contributed by atoms with Gasteiger partial charge in [-0.15, -0.1) is 0 Å². The number of hydrogen-bond donors (Lipinski definition) is 2. The van der Waals surface area contributed by atoms with Crippen LogP contribution in [0.3, 0.4) is 0 Å². The molecule has 7 heteroatoms. The zero-order valence-electron chi connectivity index (χ0n) is 10.7. The number of H-pyrrole nitrogens is 1. The minimum absolute atomic E-state index is 0.0914. The molecule has 0 saturated heterocycles. The van der Waals surface area contributed by atoms with Crippen LogP contribution in [0.2, 0.25) is 0 Å².